The van der Waals surface area contributed by atoms with E-state index in [4.69, 9.17) is 4.74 Å². The lowest BCUT2D eigenvalue weighted by Crippen LogP contribution is -2.22. The molecule has 1 aromatic heterocycles. The van der Waals surface area contributed by atoms with Crippen LogP contribution in [0.1, 0.15) is 24.1 Å². The second-order valence-electron chi connectivity index (χ2n) is 4.45. The summed E-state index contributed by atoms with van der Waals surface area (Å²) in [5, 5.41) is 3.55. The molecule has 0 aliphatic heterocycles. The lowest BCUT2D eigenvalue weighted by molar-refractivity contribution is 0.414. The molecular formula is C15H17Br2NOS. The first-order valence-electron chi connectivity index (χ1n) is 6.45. The normalized spacial score (nSPS) is 12.4. The number of hydrogen-bond donors (Lipinski definition) is 1. The maximum Gasteiger partial charge on any atom is 0.119 e. The molecule has 0 saturated heterocycles. The standard InChI is InChI=1S/C15H17Br2NOS/c1-3-18-13(12-9-14(16)20-15(12)17)8-10-5-4-6-11(7-10)19-2/h4-7,9,13,18H,3,8H2,1-2H3. The van der Waals surface area contributed by atoms with E-state index in [1.54, 1.807) is 18.4 Å². The van der Waals surface area contributed by atoms with Crippen LogP contribution in [0.2, 0.25) is 0 Å². The first-order chi connectivity index (χ1) is 9.63. The number of methoxy groups -OCH3 is 1. The molecule has 0 aliphatic rings. The van der Waals surface area contributed by atoms with Gasteiger partial charge in [-0.25, -0.2) is 0 Å². The average molecular weight is 419 g/mol. The Morgan fingerprint density at radius 2 is 2.10 bits per heavy atom. The lowest BCUT2D eigenvalue weighted by atomic mass is 10.0. The number of ether oxygens (including phenoxy) is 1. The van der Waals surface area contributed by atoms with Gasteiger partial charge >= 0.3 is 0 Å². The van der Waals surface area contributed by atoms with Gasteiger partial charge < -0.3 is 10.1 Å². The SMILES string of the molecule is CCNC(Cc1cccc(OC)c1)c1cc(Br)sc1Br. The van der Waals surface area contributed by atoms with Crippen molar-refractivity contribution in [3.8, 4) is 5.75 Å². The van der Waals surface area contributed by atoms with E-state index in [-0.39, 0.29) is 0 Å². The Bertz CT molecular complexity index is 571. The van der Waals surface area contributed by atoms with E-state index in [2.05, 4.69) is 62.3 Å². The first kappa shape index (κ1) is 16.0. The Kier molecular flexibility index (Phi) is 6.08. The molecule has 2 nitrogen and oxygen atoms in total. The molecule has 0 fully saturated rings. The minimum Gasteiger partial charge on any atom is -0.497 e. The lowest BCUT2D eigenvalue weighted by Gasteiger charge is -2.18. The van der Waals surface area contributed by atoms with Gasteiger partial charge in [-0.15, -0.1) is 11.3 Å². The maximum absolute atomic E-state index is 5.29. The van der Waals surface area contributed by atoms with Gasteiger partial charge in [0.15, 0.2) is 0 Å². The third kappa shape index (κ3) is 4.07. The molecule has 0 aliphatic carbocycles. The molecule has 2 rings (SSSR count). The summed E-state index contributed by atoms with van der Waals surface area (Å²) in [5.41, 5.74) is 2.57. The van der Waals surface area contributed by atoms with Gasteiger partial charge in [-0.1, -0.05) is 19.1 Å². The van der Waals surface area contributed by atoms with Crippen LogP contribution < -0.4 is 10.1 Å². The molecule has 0 bridgehead atoms. The summed E-state index contributed by atoms with van der Waals surface area (Å²) in [7, 11) is 1.70. The minimum absolute atomic E-state index is 0.295. The van der Waals surface area contributed by atoms with Crippen LogP contribution in [0.3, 0.4) is 0 Å². The van der Waals surface area contributed by atoms with E-state index >= 15 is 0 Å². The van der Waals surface area contributed by atoms with E-state index in [9.17, 15) is 0 Å². The smallest absolute Gasteiger partial charge is 0.119 e. The Balaban J connectivity index is 2.22. The van der Waals surface area contributed by atoms with Crippen molar-refractivity contribution in [2.24, 2.45) is 0 Å². The topological polar surface area (TPSA) is 21.3 Å². The fourth-order valence-electron chi connectivity index (χ4n) is 2.16. The van der Waals surface area contributed by atoms with Gasteiger partial charge in [0.05, 0.1) is 14.7 Å². The van der Waals surface area contributed by atoms with Crippen molar-refractivity contribution in [3.05, 3.63) is 49.0 Å². The molecule has 1 heterocycles. The van der Waals surface area contributed by atoms with Gasteiger partial charge in [0.25, 0.3) is 0 Å². The molecule has 0 spiro atoms. The number of benzene rings is 1. The third-order valence-electron chi connectivity index (χ3n) is 3.08. The number of nitrogens with one attached hydrogen (secondary N) is 1. The zero-order chi connectivity index (χ0) is 14.5. The number of rotatable bonds is 6. The van der Waals surface area contributed by atoms with Crippen LogP contribution >= 0.6 is 43.2 Å². The van der Waals surface area contributed by atoms with E-state index in [0.29, 0.717) is 6.04 Å². The van der Waals surface area contributed by atoms with Crippen molar-refractivity contribution in [2.75, 3.05) is 13.7 Å². The van der Waals surface area contributed by atoms with Crippen molar-refractivity contribution in [2.45, 2.75) is 19.4 Å². The van der Waals surface area contributed by atoms with Crippen molar-refractivity contribution < 1.29 is 4.74 Å². The zero-order valence-electron chi connectivity index (χ0n) is 11.5. The Morgan fingerprint density at radius 1 is 1.30 bits per heavy atom. The Hall–Kier alpha value is -0.360. The molecule has 108 valence electrons. The van der Waals surface area contributed by atoms with Crippen LogP contribution in [0.5, 0.6) is 5.75 Å². The predicted molar refractivity (Wildman–Crippen MR) is 92.8 cm³/mol. The Morgan fingerprint density at radius 3 is 2.70 bits per heavy atom. The van der Waals surface area contributed by atoms with Crippen LogP contribution in [-0.2, 0) is 6.42 Å². The van der Waals surface area contributed by atoms with E-state index in [0.717, 1.165) is 22.5 Å². The van der Waals surface area contributed by atoms with Crippen molar-refractivity contribution in [1.29, 1.82) is 0 Å². The third-order valence-corrected chi connectivity index (χ3v) is 5.47. The number of thiophene rings is 1. The highest BCUT2D eigenvalue weighted by molar-refractivity contribution is 9.12. The molecule has 5 heteroatoms. The predicted octanol–water partition coefficient (Wildman–Crippen LogP) is 5.18. The summed E-state index contributed by atoms with van der Waals surface area (Å²) in [5.74, 6) is 0.906. The van der Waals surface area contributed by atoms with Crippen LogP contribution in [0.4, 0.5) is 0 Å². The molecule has 1 aromatic carbocycles. The first-order valence-corrected chi connectivity index (χ1v) is 8.85. The fourth-order valence-corrected chi connectivity index (χ4v) is 5.14. The second kappa shape index (κ2) is 7.59. The highest BCUT2D eigenvalue weighted by Gasteiger charge is 2.17. The summed E-state index contributed by atoms with van der Waals surface area (Å²) in [6.07, 6.45) is 0.937. The monoisotopic (exact) mass is 417 g/mol. The summed E-state index contributed by atoms with van der Waals surface area (Å²) in [4.78, 5) is 0. The summed E-state index contributed by atoms with van der Waals surface area (Å²) >= 11 is 8.91. The molecular weight excluding hydrogens is 402 g/mol. The minimum atomic E-state index is 0.295. The molecule has 0 saturated carbocycles. The van der Waals surface area contributed by atoms with Crippen LogP contribution in [0, 0.1) is 0 Å². The summed E-state index contributed by atoms with van der Waals surface area (Å²) in [6, 6.07) is 10.7. The fraction of sp³-hybridized carbons (Fsp3) is 0.333. The zero-order valence-corrected chi connectivity index (χ0v) is 15.4. The van der Waals surface area contributed by atoms with Crippen molar-refractivity contribution in [1.82, 2.24) is 5.32 Å². The van der Waals surface area contributed by atoms with Crippen molar-refractivity contribution in [3.63, 3.8) is 0 Å². The summed E-state index contributed by atoms with van der Waals surface area (Å²) in [6.45, 7) is 3.07. The van der Waals surface area contributed by atoms with Crippen LogP contribution in [0.25, 0.3) is 0 Å². The van der Waals surface area contributed by atoms with Gasteiger partial charge in [-0.05, 0) is 74.2 Å². The van der Waals surface area contributed by atoms with Crippen molar-refractivity contribution >= 4 is 43.2 Å². The maximum atomic E-state index is 5.29. The van der Waals surface area contributed by atoms with Gasteiger partial charge in [0.2, 0.25) is 0 Å². The molecule has 1 unspecified atom stereocenters. The number of likely N-dealkylation sites (N-methyl/N-ethyl adjacent to an activating group) is 1. The highest BCUT2D eigenvalue weighted by atomic mass is 79.9. The summed E-state index contributed by atoms with van der Waals surface area (Å²) < 4.78 is 7.62. The number of halogens is 2. The van der Waals surface area contributed by atoms with Gasteiger partial charge in [-0.3, -0.25) is 0 Å². The van der Waals surface area contributed by atoms with E-state index < -0.39 is 0 Å². The average Bonchev–Trinajstić information content (AvgIpc) is 2.77. The van der Waals surface area contributed by atoms with Crippen LogP contribution in [0.15, 0.2) is 37.9 Å². The van der Waals surface area contributed by atoms with Gasteiger partial charge in [0, 0.05) is 6.04 Å². The van der Waals surface area contributed by atoms with Gasteiger partial charge in [0.1, 0.15) is 5.75 Å². The number of hydrogen-bond acceptors (Lipinski definition) is 3. The van der Waals surface area contributed by atoms with E-state index in [1.165, 1.54) is 14.9 Å². The largest absolute Gasteiger partial charge is 0.497 e. The molecule has 2 aromatic rings. The van der Waals surface area contributed by atoms with E-state index in [1.807, 2.05) is 12.1 Å². The van der Waals surface area contributed by atoms with Gasteiger partial charge in [-0.2, -0.15) is 0 Å². The Labute approximate surface area is 140 Å². The molecule has 1 N–H and O–H groups in total. The molecule has 0 radical (unpaired) electrons. The molecule has 20 heavy (non-hydrogen) atoms. The van der Waals surface area contributed by atoms with Crippen LogP contribution in [-0.4, -0.2) is 13.7 Å². The molecule has 1 atom stereocenters. The highest BCUT2D eigenvalue weighted by Crippen LogP contribution is 2.36. The molecule has 0 amide bonds. The second-order valence-corrected chi connectivity index (χ2v) is 8.19. The quantitative estimate of drug-likeness (QED) is 0.698.